The number of methoxy groups -OCH3 is 1. The van der Waals surface area contributed by atoms with Gasteiger partial charge in [-0.15, -0.1) is 0 Å². The van der Waals surface area contributed by atoms with E-state index in [1.54, 1.807) is 6.07 Å². The number of carbonyl (C=O) groups excluding carboxylic acids is 1. The molecule has 0 aliphatic carbocycles. The third-order valence-electron chi connectivity index (χ3n) is 1.69. The van der Waals surface area contributed by atoms with Crippen LogP contribution in [0.1, 0.15) is 10.4 Å². The lowest BCUT2D eigenvalue weighted by molar-refractivity contribution is 0.102. The summed E-state index contributed by atoms with van der Waals surface area (Å²) >= 11 is 6.21. The smallest absolute Gasteiger partial charge is 0.173 e. The Labute approximate surface area is 98.3 Å². The summed E-state index contributed by atoms with van der Waals surface area (Å²) in [6, 6.07) is 3.06. The average Bonchev–Trinajstić information content (AvgIpc) is 2.20. The summed E-state index contributed by atoms with van der Waals surface area (Å²) in [5.74, 6) is 0.214. The van der Waals surface area contributed by atoms with E-state index >= 15 is 0 Å². The van der Waals surface area contributed by atoms with Gasteiger partial charge in [0, 0.05) is 5.56 Å². The number of aromatic hydroxyl groups is 1. The van der Waals surface area contributed by atoms with Crippen molar-refractivity contribution >= 4 is 37.6 Å². The number of phenolic OH excluding ortho intramolecular Hbond substituents is 1. The van der Waals surface area contributed by atoms with Gasteiger partial charge in [-0.25, -0.2) is 0 Å². The van der Waals surface area contributed by atoms with Crippen LogP contribution in [0.4, 0.5) is 0 Å². The molecule has 0 spiro atoms. The second-order valence-corrected chi connectivity index (χ2v) is 3.98. The molecule has 0 unspecified atom stereocenters. The van der Waals surface area contributed by atoms with Crippen LogP contribution >= 0.6 is 31.9 Å². The Morgan fingerprint density at radius 2 is 2.21 bits per heavy atom. The summed E-state index contributed by atoms with van der Waals surface area (Å²) in [7, 11) is 1.43. The van der Waals surface area contributed by atoms with E-state index in [0.717, 1.165) is 0 Å². The number of hydrogen-bond acceptors (Lipinski definition) is 3. The minimum Gasteiger partial charge on any atom is -0.503 e. The normalized spacial score (nSPS) is 9.93. The third kappa shape index (κ3) is 2.27. The number of Topliss-reactive ketones (excluding diaryl/α,β-unsaturated/α-hetero) is 1. The quantitative estimate of drug-likeness (QED) is 0.687. The number of phenols is 1. The molecule has 0 amide bonds. The maximum absolute atomic E-state index is 11.3. The molecule has 0 heterocycles. The van der Waals surface area contributed by atoms with Gasteiger partial charge < -0.3 is 9.84 Å². The monoisotopic (exact) mass is 322 g/mol. The first-order valence-electron chi connectivity index (χ1n) is 3.75. The number of benzene rings is 1. The van der Waals surface area contributed by atoms with Crippen LogP contribution in [-0.2, 0) is 0 Å². The van der Waals surface area contributed by atoms with Crippen LogP contribution in [0, 0.1) is 0 Å². The number of hydrogen-bond donors (Lipinski definition) is 1. The zero-order chi connectivity index (χ0) is 10.7. The second-order valence-electron chi connectivity index (χ2n) is 2.57. The number of rotatable bonds is 3. The number of ether oxygens (including phenoxy) is 1. The Morgan fingerprint density at radius 1 is 1.57 bits per heavy atom. The lowest BCUT2D eigenvalue weighted by atomic mass is 10.1. The zero-order valence-electron chi connectivity index (χ0n) is 7.38. The minimum atomic E-state index is -0.0657. The Morgan fingerprint density at radius 3 is 2.71 bits per heavy atom. The molecular formula is C9H8Br2O3. The first kappa shape index (κ1) is 11.5. The SMILES string of the molecule is COc1cc(C(=O)CBr)cc(Br)c1O. The van der Waals surface area contributed by atoms with Gasteiger partial charge in [-0.1, -0.05) is 15.9 Å². The molecule has 76 valence electrons. The summed E-state index contributed by atoms with van der Waals surface area (Å²) in [4.78, 5) is 11.3. The Kier molecular flexibility index (Phi) is 3.95. The van der Waals surface area contributed by atoms with E-state index < -0.39 is 0 Å². The Hall–Kier alpha value is -0.550. The minimum absolute atomic E-state index is 0.00128. The largest absolute Gasteiger partial charge is 0.503 e. The predicted octanol–water partition coefficient (Wildman–Crippen LogP) is 2.74. The molecule has 0 atom stereocenters. The highest BCUT2D eigenvalue weighted by molar-refractivity contribution is 9.10. The standard InChI is InChI=1S/C9H8Br2O3/c1-14-8-3-5(7(12)4-10)2-6(11)9(8)13/h2-3,13H,4H2,1H3. The van der Waals surface area contributed by atoms with Crippen molar-refractivity contribution in [1.29, 1.82) is 0 Å². The molecule has 1 aromatic rings. The van der Waals surface area contributed by atoms with E-state index in [0.29, 0.717) is 10.0 Å². The molecular weight excluding hydrogens is 316 g/mol. The summed E-state index contributed by atoms with van der Waals surface area (Å²) < 4.78 is 5.36. The molecule has 0 bridgehead atoms. The van der Waals surface area contributed by atoms with Gasteiger partial charge in [-0.2, -0.15) is 0 Å². The number of carbonyl (C=O) groups is 1. The maximum Gasteiger partial charge on any atom is 0.173 e. The number of halogens is 2. The first-order valence-corrected chi connectivity index (χ1v) is 5.67. The predicted molar refractivity (Wildman–Crippen MR) is 60.5 cm³/mol. The third-order valence-corrected chi connectivity index (χ3v) is 2.81. The second kappa shape index (κ2) is 4.79. The molecule has 0 radical (unpaired) electrons. The van der Waals surface area contributed by atoms with E-state index in [1.165, 1.54) is 13.2 Å². The Bertz CT molecular complexity index is 363. The lowest BCUT2D eigenvalue weighted by Crippen LogP contribution is -2.00. The fourth-order valence-electron chi connectivity index (χ4n) is 0.968. The van der Waals surface area contributed by atoms with E-state index in [-0.39, 0.29) is 22.6 Å². The van der Waals surface area contributed by atoms with E-state index in [2.05, 4.69) is 31.9 Å². The van der Waals surface area contributed by atoms with Crippen molar-refractivity contribution < 1.29 is 14.6 Å². The molecule has 0 aliphatic heterocycles. The number of alkyl halides is 1. The highest BCUT2D eigenvalue weighted by atomic mass is 79.9. The molecule has 0 fully saturated rings. The van der Waals surface area contributed by atoms with Crippen LogP contribution in [0.25, 0.3) is 0 Å². The van der Waals surface area contributed by atoms with Crippen molar-refractivity contribution in [2.75, 3.05) is 12.4 Å². The van der Waals surface area contributed by atoms with Crippen molar-refractivity contribution in [3.05, 3.63) is 22.2 Å². The van der Waals surface area contributed by atoms with Crippen molar-refractivity contribution in [2.24, 2.45) is 0 Å². The average molecular weight is 324 g/mol. The molecule has 1 N–H and O–H groups in total. The lowest BCUT2D eigenvalue weighted by Gasteiger charge is -2.07. The van der Waals surface area contributed by atoms with Crippen LogP contribution in [0.5, 0.6) is 11.5 Å². The fourth-order valence-corrected chi connectivity index (χ4v) is 1.73. The van der Waals surface area contributed by atoms with Gasteiger partial charge in [0.25, 0.3) is 0 Å². The number of ketones is 1. The van der Waals surface area contributed by atoms with Crippen molar-refractivity contribution in [1.82, 2.24) is 0 Å². The van der Waals surface area contributed by atoms with Gasteiger partial charge in [0.15, 0.2) is 17.3 Å². The molecule has 3 nitrogen and oxygen atoms in total. The summed E-state index contributed by atoms with van der Waals surface area (Å²) in [6.07, 6.45) is 0. The van der Waals surface area contributed by atoms with Gasteiger partial charge in [-0.3, -0.25) is 4.79 Å². The van der Waals surface area contributed by atoms with Crippen LogP contribution < -0.4 is 4.74 Å². The molecule has 0 aliphatic rings. The van der Waals surface area contributed by atoms with E-state index in [9.17, 15) is 9.90 Å². The Balaban J connectivity index is 3.22. The van der Waals surface area contributed by atoms with Crippen LogP contribution in [-0.4, -0.2) is 23.3 Å². The topological polar surface area (TPSA) is 46.5 Å². The van der Waals surface area contributed by atoms with Crippen LogP contribution in [0.15, 0.2) is 16.6 Å². The van der Waals surface area contributed by atoms with E-state index in [1.807, 2.05) is 0 Å². The molecule has 14 heavy (non-hydrogen) atoms. The summed E-state index contributed by atoms with van der Waals surface area (Å²) in [5.41, 5.74) is 0.489. The first-order chi connectivity index (χ1) is 6.60. The maximum atomic E-state index is 11.3. The van der Waals surface area contributed by atoms with Crippen molar-refractivity contribution in [3.63, 3.8) is 0 Å². The van der Waals surface area contributed by atoms with Gasteiger partial charge in [-0.05, 0) is 28.1 Å². The zero-order valence-corrected chi connectivity index (χ0v) is 10.6. The van der Waals surface area contributed by atoms with Gasteiger partial charge in [0.05, 0.1) is 16.9 Å². The summed E-state index contributed by atoms with van der Waals surface area (Å²) in [6.45, 7) is 0. The molecule has 0 aromatic heterocycles. The van der Waals surface area contributed by atoms with Gasteiger partial charge in [0.2, 0.25) is 0 Å². The highest BCUT2D eigenvalue weighted by Crippen LogP contribution is 2.35. The summed E-state index contributed by atoms with van der Waals surface area (Å²) in [5, 5.41) is 9.73. The molecule has 1 aromatic carbocycles. The fraction of sp³-hybridized carbons (Fsp3) is 0.222. The van der Waals surface area contributed by atoms with Gasteiger partial charge in [0.1, 0.15) is 0 Å². The highest BCUT2D eigenvalue weighted by Gasteiger charge is 2.12. The molecule has 0 saturated heterocycles. The van der Waals surface area contributed by atoms with Crippen LogP contribution in [0.2, 0.25) is 0 Å². The van der Waals surface area contributed by atoms with Crippen molar-refractivity contribution in [3.8, 4) is 11.5 Å². The molecule has 0 saturated carbocycles. The van der Waals surface area contributed by atoms with E-state index in [4.69, 9.17) is 4.74 Å². The molecule has 1 rings (SSSR count). The van der Waals surface area contributed by atoms with Gasteiger partial charge >= 0.3 is 0 Å². The van der Waals surface area contributed by atoms with Crippen molar-refractivity contribution in [2.45, 2.75) is 0 Å². The van der Waals surface area contributed by atoms with Crippen LogP contribution in [0.3, 0.4) is 0 Å². The molecule has 5 heteroatoms.